The lowest BCUT2D eigenvalue weighted by atomic mass is 9.98. The van der Waals surface area contributed by atoms with Gasteiger partial charge in [-0.3, -0.25) is 0 Å². The van der Waals surface area contributed by atoms with Gasteiger partial charge in [0.1, 0.15) is 11.5 Å². The summed E-state index contributed by atoms with van der Waals surface area (Å²) in [5.74, 6) is 0.0716. The smallest absolute Gasteiger partial charge is 0.126 e. The van der Waals surface area contributed by atoms with Crippen LogP contribution in [0.2, 0.25) is 0 Å². The fourth-order valence-electron chi connectivity index (χ4n) is 2.75. The van der Waals surface area contributed by atoms with Gasteiger partial charge in [-0.15, -0.1) is 0 Å². The quantitative estimate of drug-likeness (QED) is 0.790. The van der Waals surface area contributed by atoms with Crippen LogP contribution in [-0.2, 0) is 12.8 Å². The number of aliphatic hydroxyl groups is 1. The molecule has 110 valence electrons. The molecule has 1 aliphatic heterocycles. The van der Waals surface area contributed by atoms with Crippen molar-refractivity contribution in [1.82, 2.24) is 0 Å². The van der Waals surface area contributed by atoms with Crippen LogP contribution in [0.4, 0.5) is 0 Å². The van der Waals surface area contributed by atoms with Gasteiger partial charge in [-0.05, 0) is 30.9 Å². The van der Waals surface area contributed by atoms with Crippen LogP contribution in [0.5, 0.6) is 11.5 Å². The van der Waals surface area contributed by atoms with Crippen molar-refractivity contribution in [2.45, 2.75) is 42.1 Å². The minimum atomic E-state index is -0.725. The third-order valence-electron chi connectivity index (χ3n) is 3.93. The van der Waals surface area contributed by atoms with Crippen molar-refractivity contribution in [1.29, 1.82) is 0 Å². The lowest BCUT2D eigenvalue weighted by Crippen LogP contribution is -2.02. The van der Waals surface area contributed by atoms with E-state index >= 15 is 0 Å². The average Bonchev–Trinajstić information content (AvgIpc) is 2.66. The van der Waals surface area contributed by atoms with E-state index in [9.17, 15) is 15.3 Å². The molecule has 0 fully saturated rings. The third-order valence-corrected chi connectivity index (χ3v) is 5.21. The Morgan fingerprint density at radius 2 is 1.90 bits per heavy atom. The van der Waals surface area contributed by atoms with E-state index in [4.69, 9.17) is 0 Å². The highest BCUT2D eigenvalue weighted by atomic mass is 32.2. The molecule has 3 nitrogen and oxygen atoms in total. The molecule has 0 aromatic heterocycles. The first kappa shape index (κ1) is 14.3. The number of aliphatic hydroxyl groups excluding tert-OH is 1. The second kappa shape index (κ2) is 5.62. The van der Waals surface area contributed by atoms with Crippen LogP contribution in [0, 0.1) is 0 Å². The highest BCUT2D eigenvalue weighted by Crippen LogP contribution is 2.47. The number of aromatic hydroxyl groups is 2. The maximum atomic E-state index is 10.2. The molecule has 1 heterocycles. The van der Waals surface area contributed by atoms with Crippen molar-refractivity contribution >= 4 is 11.8 Å². The van der Waals surface area contributed by atoms with Crippen molar-refractivity contribution < 1.29 is 15.3 Å². The highest BCUT2D eigenvalue weighted by Gasteiger charge is 2.25. The standard InChI is InChI=1S/C17H18O3S/c1-2-12(18)16-14(20)9-13(19)11-8-7-10-5-3-4-6-15(10)21-17(11)16/h3-6,9,12,18-20H,2,7-8H2,1H3. The molecule has 21 heavy (non-hydrogen) atoms. The first-order valence-electron chi connectivity index (χ1n) is 7.13. The molecule has 3 rings (SSSR count). The molecule has 1 aliphatic rings. The lowest BCUT2D eigenvalue weighted by Gasteiger charge is -2.19. The summed E-state index contributed by atoms with van der Waals surface area (Å²) < 4.78 is 0. The normalized spacial score (nSPS) is 15.0. The van der Waals surface area contributed by atoms with Gasteiger partial charge in [-0.25, -0.2) is 0 Å². The number of rotatable bonds is 2. The Hall–Kier alpha value is -1.65. The van der Waals surface area contributed by atoms with Crippen LogP contribution in [0.15, 0.2) is 40.1 Å². The lowest BCUT2D eigenvalue weighted by molar-refractivity contribution is 0.166. The fraction of sp³-hybridized carbons (Fsp3) is 0.294. The molecule has 0 saturated heterocycles. The Balaban J connectivity index is 2.20. The van der Waals surface area contributed by atoms with E-state index in [1.165, 1.54) is 23.4 Å². The zero-order valence-electron chi connectivity index (χ0n) is 11.8. The van der Waals surface area contributed by atoms with Gasteiger partial charge in [-0.1, -0.05) is 36.9 Å². The summed E-state index contributed by atoms with van der Waals surface area (Å²) in [6.45, 7) is 1.87. The summed E-state index contributed by atoms with van der Waals surface area (Å²) in [6, 6.07) is 9.47. The number of hydrogen-bond donors (Lipinski definition) is 3. The van der Waals surface area contributed by atoms with Gasteiger partial charge in [0.2, 0.25) is 0 Å². The maximum Gasteiger partial charge on any atom is 0.126 e. The zero-order chi connectivity index (χ0) is 15.0. The number of aryl methyl sites for hydroxylation is 1. The molecular formula is C17H18O3S. The Morgan fingerprint density at radius 1 is 1.14 bits per heavy atom. The van der Waals surface area contributed by atoms with Gasteiger partial charge >= 0.3 is 0 Å². The van der Waals surface area contributed by atoms with Crippen LogP contribution in [0.25, 0.3) is 0 Å². The topological polar surface area (TPSA) is 60.7 Å². The molecule has 0 aliphatic carbocycles. The van der Waals surface area contributed by atoms with Crippen molar-refractivity contribution in [3.8, 4) is 11.5 Å². The van der Waals surface area contributed by atoms with Gasteiger partial charge in [0.15, 0.2) is 0 Å². The largest absolute Gasteiger partial charge is 0.507 e. The molecule has 0 amide bonds. The Labute approximate surface area is 128 Å². The third kappa shape index (κ3) is 2.49. The summed E-state index contributed by atoms with van der Waals surface area (Å²) in [6.07, 6.45) is 1.34. The molecule has 4 heteroatoms. The number of benzene rings is 2. The number of phenolic OH excluding ortho intramolecular Hbond substituents is 2. The molecule has 0 bridgehead atoms. The van der Waals surface area contributed by atoms with Crippen LogP contribution in [-0.4, -0.2) is 15.3 Å². The van der Waals surface area contributed by atoms with Gasteiger partial charge in [0.05, 0.1) is 6.10 Å². The predicted molar refractivity (Wildman–Crippen MR) is 83.0 cm³/mol. The van der Waals surface area contributed by atoms with Gasteiger partial charge in [0.25, 0.3) is 0 Å². The van der Waals surface area contributed by atoms with E-state index in [1.807, 2.05) is 25.1 Å². The van der Waals surface area contributed by atoms with E-state index in [0.29, 0.717) is 18.4 Å². The molecule has 2 aromatic rings. The number of hydrogen-bond acceptors (Lipinski definition) is 4. The zero-order valence-corrected chi connectivity index (χ0v) is 12.7. The first-order chi connectivity index (χ1) is 10.1. The Morgan fingerprint density at radius 3 is 2.67 bits per heavy atom. The minimum absolute atomic E-state index is 0.0347. The second-order valence-corrected chi connectivity index (χ2v) is 6.32. The van der Waals surface area contributed by atoms with E-state index in [2.05, 4.69) is 6.07 Å². The van der Waals surface area contributed by atoms with Gasteiger partial charge in [-0.2, -0.15) is 0 Å². The summed E-state index contributed by atoms with van der Waals surface area (Å²) in [5, 5.41) is 30.6. The summed E-state index contributed by atoms with van der Waals surface area (Å²) in [4.78, 5) is 1.91. The molecular weight excluding hydrogens is 284 g/mol. The van der Waals surface area contributed by atoms with E-state index < -0.39 is 6.10 Å². The van der Waals surface area contributed by atoms with Crippen molar-refractivity contribution in [3.05, 3.63) is 47.0 Å². The molecule has 1 unspecified atom stereocenters. The Bertz CT molecular complexity index is 682. The SMILES string of the molecule is CCC(O)c1c(O)cc(O)c2c1Sc1ccccc1CC2. The van der Waals surface area contributed by atoms with E-state index in [-0.39, 0.29) is 11.5 Å². The Kier molecular flexibility index (Phi) is 3.83. The molecule has 1 atom stereocenters. The van der Waals surface area contributed by atoms with Crippen LogP contribution in [0.3, 0.4) is 0 Å². The number of fused-ring (bicyclic) bond motifs is 2. The first-order valence-corrected chi connectivity index (χ1v) is 7.95. The molecule has 3 N–H and O–H groups in total. The second-order valence-electron chi connectivity index (χ2n) is 5.27. The van der Waals surface area contributed by atoms with Crippen molar-refractivity contribution in [2.24, 2.45) is 0 Å². The molecule has 0 radical (unpaired) electrons. The van der Waals surface area contributed by atoms with E-state index in [1.54, 1.807) is 0 Å². The van der Waals surface area contributed by atoms with Crippen LogP contribution < -0.4 is 0 Å². The van der Waals surface area contributed by atoms with E-state index in [0.717, 1.165) is 21.8 Å². The average molecular weight is 302 g/mol. The molecule has 0 saturated carbocycles. The van der Waals surface area contributed by atoms with Gasteiger partial charge in [0, 0.05) is 27.0 Å². The van der Waals surface area contributed by atoms with Crippen LogP contribution in [0.1, 0.15) is 36.1 Å². The predicted octanol–water partition coefficient (Wildman–Crippen LogP) is 3.79. The summed E-state index contributed by atoms with van der Waals surface area (Å²) in [5.41, 5.74) is 2.58. The highest BCUT2D eigenvalue weighted by molar-refractivity contribution is 7.99. The van der Waals surface area contributed by atoms with Crippen molar-refractivity contribution in [3.63, 3.8) is 0 Å². The maximum absolute atomic E-state index is 10.2. The van der Waals surface area contributed by atoms with Gasteiger partial charge < -0.3 is 15.3 Å². The minimum Gasteiger partial charge on any atom is -0.507 e. The molecule has 2 aromatic carbocycles. The number of phenols is 2. The molecule has 0 spiro atoms. The van der Waals surface area contributed by atoms with Crippen LogP contribution >= 0.6 is 11.8 Å². The monoisotopic (exact) mass is 302 g/mol. The van der Waals surface area contributed by atoms with Crippen molar-refractivity contribution in [2.75, 3.05) is 0 Å². The summed E-state index contributed by atoms with van der Waals surface area (Å²) in [7, 11) is 0. The fourth-order valence-corrected chi connectivity index (χ4v) is 4.10. The summed E-state index contributed by atoms with van der Waals surface area (Å²) >= 11 is 1.52.